The lowest BCUT2D eigenvalue weighted by Gasteiger charge is -2.33. The molecule has 4 nitrogen and oxygen atoms in total. The number of amides is 1. The Bertz CT molecular complexity index is 891. The van der Waals surface area contributed by atoms with Crippen LogP contribution in [0.5, 0.6) is 0 Å². The summed E-state index contributed by atoms with van der Waals surface area (Å²) in [5, 5.41) is 9.10. The molecule has 1 aliphatic heterocycles. The molecule has 1 saturated heterocycles. The van der Waals surface area contributed by atoms with Crippen molar-refractivity contribution < 1.29 is 14.6 Å². The van der Waals surface area contributed by atoms with E-state index < -0.39 is 5.60 Å². The van der Waals surface area contributed by atoms with Crippen molar-refractivity contribution in [3.05, 3.63) is 70.8 Å². The Hall–Kier alpha value is -2.77. The first-order chi connectivity index (χ1) is 14.3. The second-order valence-electron chi connectivity index (χ2n) is 8.92. The van der Waals surface area contributed by atoms with Crippen molar-refractivity contribution in [2.24, 2.45) is 5.92 Å². The number of piperidine rings is 1. The first kappa shape index (κ1) is 21.9. The van der Waals surface area contributed by atoms with Gasteiger partial charge < -0.3 is 14.7 Å². The molecule has 0 atom stereocenters. The Kier molecular flexibility index (Phi) is 7.18. The molecule has 2 aromatic carbocycles. The number of ether oxygens (including phenoxy) is 1. The molecule has 4 heteroatoms. The molecular weight excluding hydrogens is 374 g/mol. The van der Waals surface area contributed by atoms with Crippen LogP contribution < -0.4 is 0 Å². The topological polar surface area (TPSA) is 49.8 Å². The number of carbonyl (C=O) groups excluding carboxylic acids is 1. The van der Waals surface area contributed by atoms with E-state index >= 15 is 0 Å². The van der Waals surface area contributed by atoms with Crippen LogP contribution in [-0.2, 0) is 17.8 Å². The molecule has 0 aliphatic carbocycles. The van der Waals surface area contributed by atoms with Gasteiger partial charge >= 0.3 is 6.09 Å². The van der Waals surface area contributed by atoms with Crippen LogP contribution in [0.2, 0.25) is 0 Å². The van der Waals surface area contributed by atoms with Crippen molar-refractivity contribution in [1.82, 2.24) is 4.90 Å². The summed E-state index contributed by atoms with van der Waals surface area (Å²) in [6.07, 6.45) is 2.84. The minimum absolute atomic E-state index is 0.0508. The molecule has 0 spiro atoms. The average molecular weight is 406 g/mol. The van der Waals surface area contributed by atoms with Crippen molar-refractivity contribution in [2.75, 3.05) is 13.1 Å². The second kappa shape index (κ2) is 9.82. The van der Waals surface area contributed by atoms with E-state index in [-0.39, 0.29) is 12.7 Å². The van der Waals surface area contributed by atoms with Crippen molar-refractivity contribution in [1.29, 1.82) is 0 Å². The molecule has 0 radical (unpaired) electrons. The van der Waals surface area contributed by atoms with Crippen molar-refractivity contribution >= 4 is 6.09 Å². The van der Waals surface area contributed by atoms with Crippen LogP contribution in [0.25, 0.3) is 0 Å². The molecule has 2 aromatic rings. The average Bonchev–Trinajstić information content (AvgIpc) is 2.73. The van der Waals surface area contributed by atoms with E-state index in [1.807, 2.05) is 49.9 Å². The number of hydrogen-bond acceptors (Lipinski definition) is 3. The van der Waals surface area contributed by atoms with E-state index in [1.54, 1.807) is 0 Å². The minimum atomic E-state index is -0.443. The van der Waals surface area contributed by atoms with Crippen LogP contribution in [0.15, 0.2) is 48.5 Å². The normalized spacial score (nSPS) is 14.7. The summed E-state index contributed by atoms with van der Waals surface area (Å²) in [6.45, 7) is 7.28. The molecule has 1 fully saturated rings. The number of nitrogens with zero attached hydrogens (tertiary/aromatic N) is 1. The lowest BCUT2D eigenvalue weighted by atomic mass is 9.90. The van der Waals surface area contributed by atoms with E-state index in [1.165, 1.54) is 5.56 Å². The molecule has 0 unspecified atom stereocenters. The molecule has 1 N–H and O–H groups in total. The largest absolute Gasteiger partial charge is 0.444 e. The Morgan fingerprint density at radius 1 is 0.967 bits per heavy atom. The number of carbonyl (C=O) groups is 1. The Morgan fingerprint density at radius 2 is 1.47 bits per heavy atom. The Labute approximate surface area is 179 Å². The molecule has 1 aliphatic rings. The third-order valence-electron chi connectivity index (χ3n) is 5.23. The van der Waals surface area contributed by atoms with Crippen molar-refractivity contribution in [2.45, 2.75) is 52.2 Å². The van der Waals surface area contributed by atoms with E-state index in [9.17, 15) is 4.79 Å². The lowest BCUT2D eigenvalue weighted by Crippen LogP contribution is -2.42. The molecular formula is C26H31NO3. The predicted molar refractivity (Wildman–Crippen MR) is 119 cm³/mol. The van der Waals surface area contributed by atoms with E-state index in [0.717, 1.165) is 49.0 Å². The summed E-state index contributed by atoms with van der Waals surface area (Å²) in [5.74, 6) is 6.95. The number of aliphatic hydroxyl groups is 1. The van der Waals surface area contributed by atoms with Crippen LogP contribution in [0.4, 0.5) is 4.79 Å². The molecule has 1 amide bonds. The number of rotatable bonds is 3. The van der Waals surface area contributed by atoms with Crippen LogP contribution in [0.3, 0.4) is 0 Å². The zero-order valence-corrected chi connectivity index (χ0v) is 18.1. The third-order valence-corrected chi connectivity index (χ3v) is 5.23. The maximum absolute atomic E-state index is 12.2. The fourth-order valence-electron chi connectivity index (χ4n) is 3.54. The summed E-state index contributed by atoms with van der Waals surface area (Å²) in [5.41, 5.74) is 3.68. The molecule has 158 valence electrons. The van der Waals surface area contributed by atoms with Crippen molar-refractivity contribution in [3.63, 3.8) is 0 Å². The summed E-state index contributed by atoms with van der Waals surface area (Å²) >= 11 is 0. The standard InChI is InChI=1S/C26H31NO3/c1-26(2,3)30-25(29)27-16-14-23(15-17-27)18-22-10-6-20(7-11-22)4-5-21-8-12-24(19-28)13-9-21/h6-13,23,28H,14-19H2,1-3H3. The van der Waals surface area contributed by atoms with Gasteiger partial charge in [0.05, 0.1) is 6.61 Å². The maximum Gasteiger partial charge on any atom is 0.410 e. The number of likely N-dealkylation sites (tertiary alicyclic amines) is 1. The van der Waals surface area contributed by atoms with E-state index in [2.05, 4.69) is 36.1 Å². The molecule has 30 heavy (non-hydrogen) atoms. The summed E-state index contributed by atoms with van der Waals surface area (Å²) < 4.78 is 5.47. The van der Waals surface area contributed by atoms with Gasteiger partial charge in [0.1, 0.15) is 5.60 Å². The van der Waals surface area contributed by atoms with Crippen LogP contribution in [-0.4, -0.2) is 34.8 Å². The summed E-state index contributed by atoms with van der Waals surface area (Å²) in [7, 11) is 0. The second-order valence-corrected chi connectivity index (χ2v) is 8.92. The SMILES string of the molecule is CC(C)(C)OC(=O)N1CCC(Cc2ccc(C#Cc3ccc(CO)cc3)cc2)CC1. The highest BCUT2D eigenvalue weighted by molar-refractivity contribution is 5.68. The monoisotopic (exact) mass is 405 g/mol. The first-order valence-corrected chi connectivity index (χ1v) is 10.6. The fourth-order valence-corrected chi connectivity index (χ4v) is 3.54. The predicted octanol–water partition coefficient (Wildman–Crippen LogP) is 4.77. The van der Waals surface area contributed by atoms with E-state index in [4.69, 9.17) is 9.84 Å². The smallest absolute Gasteiger partial charge is 0.410 e. The quantitative estimate of drug-likeness (QED) is 0.749. The van der Waals surface area contributed by atoms with Gasteiger partial charge in [0.25, 0.3) is 0 Å². The van der Waals surface area contributed by atoms with Crippen molar-refractivity contribution in [3.8, 4) is 11.8 Å². The van der Waals surface area contributed by atoms with Gasteiger partial charge in [0, 0.05) is 24.2 Å². The Balaban J connectivity index is 1.49. The van der Waals surface area contributed by atoms with Gasteiger partial charge in [-0.25, -0.2) is 4.79 Å². The van der Waals surface area contributed by atoms with Gasteiger partial charge in [-0.15, -0.1) is 0 Å². The summed E-state index contributed by atoms with van der Waals surface area (Å²) in [6, 6.07) is 16.1. The van der Waals surface area contributed by atoms with Crippen LogP contribution in [0.1, 0.15) is 55.9 Å². The van der Waals surface area contributed by atoms with Gasteiger partial charge in [-0.05, 0) is 81.3 Å². The number of aliphatic hydroxyl groups excluding tert-OH is 1. The zero-order chi connectivity index (χ0) is 21.6. The van der Waals surface area contributed by atoms with Gasteiger partial charge in [-0.2, -0.15) is 0 Å². The third kappa shape index (κ3) is 6.64. The van der Waals surface area contributed by atoms with Gasteiger partial charge in [0.2, 0.25) is 0 Å². The van der Waals surface area contributed by atoms with Gasteiger partial charge in [0.15, 0.2) is 0 Å². The highest BCUT2D eigenvalue weighted by atomic mass is 16.6. The van der Waals surface area contributed by atoms with Gasteiger partial charge in [-0.1, -0.05) is 36.1 Å². The maximum atomic E-state index is 12.2. The lowest BCUT2D eigenvalue weighted by molar-refractivity contribution is 0.0184. The zero-order valence-electron chi connectivity index (χ0n) is 18.1. The highest BCUT2D eigenvalue weighted by Crippen LogP contribution is 2.23. The number of hydrogen-bond donors (Lipinski definition) is 1. The fraction of sp³-hybridized carbons (Fsp3) is 0.423. The first-order valence-electron chi connectivity index (χ1n) is 10.6. The minimum Gasteiger partial charge on any atom is -0.444 e. The Morgan fingerprint density at radius 3 is 1.93 bits per heavy atom. The van der Waals surface area contributed by atoms with Crippen LogP contribution in [0, 0.1) is 17.8 Å². The molecule has 0 aromatic heterocycles. The van der Waals surface area contributed by atoms with E-state index in [0.29, 0.717) is 5.92 Å². The number of benzene rings is 2. The summed E-state index contributed by atoms with van der Waals surface area (Å²) in [4.78, 5) is 14.0. The molecule has 0 saturated carbocycles. The van der Waals surface area contributed by atoms with Crippen LogP contribution >= 0.6 is 0 Å². The molecule has 3 rings (SSSR count). The highest BCUT2D eigenvalue weighted by Gasteiger charge is 2.26. The molecule has 0 bridgehead atoms. The molecule has 1 heterocycles. The van der Waals surface area contributed by atoms with Gasteiger partial charge in [-0.3, -0.25) is 0 Å².